The molecule has 9 heterocycles. The molecule has 0 unspecified atom stereocenters. The first-order chi connectivity index (χ1) is 53.0. The van der Waals surface area contributed by atoms with Crippen molar-refractivity contribution in [2.24, 2.45) is 0 Å². The minimum absolute atomic E-state index is 0.466. The van der Waals surface area contributed by atoms with Gasteiger partial charge in [-0.25, -0.2) is 39.9 Å². The fourth-order valence-electron chi connectivity index (χ4n) is 16.2. The molecule has 9 aromatic heterocycles. The molecule has 107 heavy (non-hydrogen) atoms. The third kappa shape index (κ3) is 9.17. The second-order valence-corrected chi connectivity index (χ2v) is 27.3. The Morgan fingerprint density at radius 3 is 1.45 bits per heavy atom. The molecule has 0 saturated carbocycles. The predicted molar refractivity (Wildman–Crippen MR) is 428 cm³/mol. The van der Waals surface area contributed by atoms with Crippen LogP contribution in [0.15, 0.2) is 327 Å². The van der Waals surface area contributed by atoms with Gasteiger partial charge in [0.2, 0.25) is 11.4 Å². The van der Waals surface area contributed by atoms with E-state index in [1.54, 1.807) is 12.4 Å². The van der Waals surface area contributed by atoms with Crippen LogP contribution in [0.3, 0.4) is 0 Å². The van der Waals surface area contributed by atoms with Crippen LogP contribution in [-0.4, -0.2) is 44.4 Å². The molecule has 0 saturated heterocycles. The minimum Gasteiger partial charge on any atom is -0.456 e. The zero-order chi connectivity index (χ0) is 70.0. The Kier molecular flexibility index (Phi) is 12.5. The molecule has 23 aromatic rings. The fourth-order valence-corrected chi connectivity index (χ4v) is 16.2. The average molecular weight is 1370 g/mol. The standard InChI is InChI=1S/C94H51N9O4/c1-3-17-54(18-4-1)87-97-89(101-91(99-87)72-42-44-95-93-81(72)70-28-14-26-68(85(70)106-93)67-25-13-27-69-75-49-56-21-7-8-22-57(56)50-80(75)105-84(67)69)60-35-33-52-32-34-58(46-62(52)47-60)59-38-41-76-74(48-59)66-40-36-53-16-9-10-23-63(53)83(66)103(76)77-30-15-29-71-82-73(43-45-96-94(82)107-86(71)77)92-100-88(55-19-5-2-6-20-55)98-90(102-92)61-37-39-65-64-24-11-12-31-78(64)104-79(65)51-61/h1-51H. The SMILES string of the molecule is c1ccc(-c2nc(-c3ccc4ccc(-c5ccc6c(c5)c5ccc7ccccc7c5n6-c5cccc6c5oc5nccc(-c7nc(-c8ccccc8)nc(-c8ccc9c(c8)oc8ccccc89)n7)c56)cc4c3)nc(-c3ccnc4oc5c(-c6cccc7c6oc6cc8ccccc8cc67)cccc5c34)n2)cc1. The van der Waals surface area contributed by atoms with E-state index in [4.69, 9.17) is 57.5 Å². The number of para-hydroxylation sites is 4. The zero-order valence-electron chi connectivity index (χ0n) is 56.6. The van der Waals surface area contributed by atoms with E-state index >= 15 is 0 Å². The summed E-state index contributed by atoms with van der Waals surface area (Å²) >= 11 is 0. The number of benzene rings is 14. The first kappa shape index (κ1) is 58.8. The number of pyridine rings is 2. The highest BCUT2D eigenvalue weighted by Crippen LogP contribution is 2.47. The van der Waals surface area contributed by atoms with Crippen molar-refractivity contribution in [3.63, 3.8) is 0 Å². The van der Waals surface area contributed by atoms with Crippen molar-refractivity contribution in [2.75, 3.05) is 0 Å². The van der Waals surface area contributed by atoms with Crippen LogP contribution in [0, 0.1) is 0 Å². The van der Waals surface area contributed by atoms with Crippen LogP contribution in [0.4, 0.5) is 0 Å². The van der Waals surface area contributed by atoms with Crippen LogP contribution in [0.1, 0.15) is 0 Å². The van der Waals surface area contributed by atoms with Gasteiger partial charge in [-0.2, -0.15) is 0 Å². The van der Waals surface area contributed by atoms with E-state index in [0.29, 0.717) is 57.5 Å². The van der Waals surface area contributed by atoms with Gasteiger partial charge in [-0.3, -0.25) is 0 Å². The molecule has 0 fully saturated rings. The Bertz CT molecular complexity index is 7720. The molecule has 0 aliphatic heterocycles. The Labute approximate surface area is 606 Å². The summed E-state index contributed by atoms with van der Waals surface area (Å²) in [5.74, 6) is 3.11. The molecule has 13 nitrogen and oxygen atoms in total. The quantitative estimate of drug-likeness (QED) is 0.135. The zero-order valence-corrected chi connectivity index (χ0v) is 56.6. The predicted octanol–water partition coefficient (Wildman–Crippen LogP) is 24.3. The summed E-state index contributed by atoms with van der Waals surface area (Å²) in [6, 6.07) is 103. The summed E-state index contributed by atoms with van der Waals surface area (Å²) < 4.78 is 29.4. The van der Waals surface area contributed by atoms with Crippen molar-refractivity contribution in [2.45, 2.75) is 0 Å². The summed E-state index contributed by atoms with van der Waals surface area (Å²) in [6.07, 6.45) is 3.53. The van der Waals surface area contributed by atoms with E-state index in [1.807, 2.05) is 97.1 Å². The van der Waals surface area contributed by atoms with Gasteiger partial charge in [0.25, 0.3) is 0 Å². The van der Waals surface area contributed by atoms with Crippen molar-refractivity contribution in [3.8, 4) is 96.3 Å². The van der Waals surface area contributed by atoms with Crippen molar-refractivity contribution < 1.29 is 17.7 Å². The van der Waals surface area contributed by atoms with E-state index in [2.05, 4.69) is 205 Å². The van der Waals surface area contributed by atoms with Gasteiger partial charge in [0.15, 0.2) is 40.5 Å². The van der Waals surface area contributed by atoms with E-state index in [1.165, 1.54) is 0 Å². The number of rotatable bonds is 9. The van der Waals surface area contributed by atoms with Gasteiger partial charge < -0.3 is 22.2 Å². The molecule has 0 amide bonds. The number of furan rings is 4. The topological polar surface area (TPSA) is 161 Å². The second-order valence-electron chi connectivity index (χ2n) is 27.3. The van der Waals surface area contributed by atoms with Crippen molar-refractivity contribution in [3.05, 3.63) is 310 Å². The molecular weight excluding hydrogens is 1320 g/mol. The largest absolute Gasteiger partial charge is 0.456 e. The number of fused-ring (bicyclic) bond motifs is 19. The van der Waals surface area contributed by atoms with Gasteiger partial charge in [0.05, 0.1) is 27.5 Å². The van der Waals surface area contributed by atoms with Gasteiger partial charge in [0.1, 0.15) is 27.9 Å². The second kappa shape index (κ2) is 22.8. The highest BCUT2D eigenvalue weighted by atomic mass is 16.3. The van der Waals surface area contributed by atoms with E-state index in [0.717, 1.165) is 181 Å². The summed E-state index contributed by atoms with van der Waals surface area (Å²) in [5.41, 5.74) is 17.3. The molecule has 0 spiro atoms. The molecule has 496 valence electrons. The Morgan fingerprint density at radius 1 is 0.234 bits per heavy atom. The maximum absolute atomic E-state index is 7.06. The van der Waals surface area contributed by atoms with E-state index in [-0.39, 0.29) is 0 Å². The molecule has 0 radical (unpaired) electrons. The van der Waals surface area contributed by atoms with Gasteiger partial charge >= 0.3 is 0 Å². The average Bonchev–Trinajstić information content (AvgIpc) is 1.58. The highest BCUT2D eigenvalue weighted by molar-refractivity contribution is 6.22. The number of nitrogens with zero attached hydrogens (tertiary/aromatic N) is 9. The van der Waals surface area contributed by atoms with Gasteiger partial charge in [0, 0.05) is 105 Å². The minimum atomic E-state index is 0.466. The molecule has 0 aliphatic carbocycles. The van der Waals surface area contributed by atoms with Crippen LogP contribution < -0.4 is 0 Å². The molecule has 0 bridgehead atoms. The summed E-state index contributed by atoms with van der Waals surface area (Å²) in [5, 5.41) is 16.3. The molecule has 0 N–H and O–H groups in total. The van der Waals surface area contributed by atoms with Crippen molar-refractivity contribution in [1.29, 1.82) is 0 Å². The highest BCUT2D eigenvalue weighted by Gasteiger charge is 2.27. The van der Waals surface area contributed by atoms with Gasteiger partial charge in [-0.15, -0.1) is 0 Å². The third-order valence-electron chi connectivity index (χ3n) is 21.2. The van der Waals surface area contributed by atoms with Crippen LogP contribution in [0.5, 0.6) is 0 Å². The van der Waals surface area contributed by atoms with Crippen molar-refractivity contribution in [1.82, 2.24) is 44.4 Å². The third-order valence-corrected chi connectivity index (χ3v) is 21.2. The maximum Gasteiger partial charge on any atom is 0.228 e. The maximum atomic E-state index is 7.06. The molecule has 13 heteroatoms. The summed E-state index contributed by atoms with van der Waals surface area (Å²) in [4.78, 5) is 41.2. The summed E-state index contributed by atoms with van der Waals surface area (Å²) in [7, 11) is 0. The number of aromatic nitrogens is 9. The first-order valence-corrected chi connectivity index (χ1v) is 35.5. The first-order valence-electron chi connectivity index (χ1n) is 35.5. The Morgan fingerprint density at radius 2 is 0.729 bits per heavy atom. The van der Waals surface area contributed by atoms with Crippen LogP contribution in [0.2, 0.25) is 0 Å². The van der Waals surface area contributed by atoms with E-state index in [9.17, 15) is 0 Å². The molecule has 23 rings (SSSR count). The molecule has 0 aliphatic rings. The normalized spacial score (nSPS) is 12.1. The number of hydrogen-bond donors (Lipinski definition) is 0. The van der Waals surface area contributed by atoms with Crippen molar-refractivity contribution >= 4 is 142 Å². The lowest BCUT2D eigenvalue weighted by atomic mass is 9.98. The lowest BCUT2D eigenvalue weighted by Gasteiger charge is -2.11. The summed E-state index contributed by atoms with van der Waals surface area (Å²) in [6.45, 7) is 0. The molecule has 14 aromatic carbocycles. The smallest absolute Gasteiger partial charge is 0.228 e. The Balaban J connectivity index is 0.638. The van der Waals surface area contributed by atoms with E-state index < -0.39 is 0 Å². The fraction of sp³-hybridized carbons (Fsp3) is 0. The number of hydrogen-bond acceptors (Lipinski definition) is 12. The molecular formula is C94H51N9O4. The lowest BCUT2D eigenvalue weighted by Crippen LogP contribution is -2.00. The monoisotopic (exact) mass is 1370 g/mol. The lowest BCUT2D eigenvalue weighted by molar-refractivity contribution is 0.652. The van der Waals surface area contributed by atoms with Crippen LogP contribution in [-0.2, 0) is 0 Å². The van der Waals surface area contributed by atoms with Crippen LogP contribution in [0.25, 0.3) is 238 Å². The van der Waals surface area contributed by atoms with Gasteiger partial charge in [-0.1, -0.05) is 224 Å². The molecule has 0 atom stereocenters. The van der Waals surface area contributed by atoms with Gasteiger partial charge in [-0.05, 0) is 111 Å². The Hall–Kier alpha value is -14.8. The van der Waals surface area contributed by atoms with Crippen LogP contribution >= 0.6 is 0 Å².